The number of amides is 1. The van der Waals surface area contributed by atoms with Crippen LogP contribution in [0.2, 0.25) is 5.02 Å². The third-order valence-electron chi connectivity index (χ3n) is 4.13. The Bertz CT molecular complexity index is 556. The topological polar surface area (TPSA) is 84.3 Å². The van der Waals surface area contributed by atoms with Crippen LogP contribution in [-0.4, -0.2) is 23.9 Å². The molecule has 0 aromatic heterocycles. The summed E-state index contributed by atoms with van der Waals surface area (Å²) in [6.07, 6.45) is 2.31. The molecule has 0 saturated carbocycles. The molecule has 114 valence electrons. The van der Waals surface area contributed by atoms with Gasteiger partial charge in [0.1, 0.15) is 0 Å². The molecule has 6 nitrogen and oxygen atoms in total. The van der Waals surface area contributed by atoms with Crippen LogP contribution < -0.4 is 10.6 Å². The van der Waals surface area contributed by atoms with Crippen molar-refractivity contribution < 1.29 is 9.72 Å². The Kier molecular flexibility index (Phi) is 4.80. The summed E-state index contributed by atoms with van der Waals surface area (Å²) in [5.41, 5.74) is -0.0696. The van der Waals surface area contributed by atoms with Gasteiger partial charge in [-0.05, 0) is 38.4 Å². The molecule has 0 radical (unpaired) electrons. The van der Waals surface area contributed by atoms with Crippen LogP contribution in [0.1, 0.15) is 26.2 Å². The van der Waals surface area contributed by atoms with Crippen LogP contribution in [-0.2, 0) is 4.79 Å². The highest BCUT2D eigenvalue weighted by Crippen LogP contribution is 2.35. The molecular formula is C14H18ClN3O3. The predicted molar refractivity (Wildman–Crippen MR) is 81.6 cm³/mol. The number of hydrogen-bond donors (Lipinski definition) is 2. The lowest BCUT2D eigenvalue weighted by atomic mass is 9.76. The Labute approximate surface area is 128 Å². The SMILES string of the molecule is CCC1(C(=O)Nc2ccc([N+](=O)[O-])cc2Cl)CCNCC1. The number of rotatable bonds is 4. The average molecular weight is 312 g/mol. The summed E-state index contributed by atoms with van der Waals surface area (Å²) >= 11 is 6.01. The smallest absolute Gasteiger partial charge is 0.271 e. The highest BCUT2D eigenvalue weighted by atomic mass is 35.5. The van der Waals surface area contributed by atoms with E-state index in [0.717, 1.165) is 32.4 Å². The summed E-state index contributed by atoms with van der Waals surface area (Å²) in [5, 5.41) is 16.9. The van der Waals surface area contributed by atoms with Crippen LogP contribution in [0.4, 0.5) is 11.4 Å². The molecule has 1 saturated heterocycles. The van der Waals surface area contributed by atoms with Gasteiger partial charge in [-0.1, -0.05) is 18.5 Å². The molecular weight excluding hydrogens is 294 g/mol. The number of carbonyl (C=O) groups excluding carboxylic acids is 1. The summed E-state index contributed by atoms with van der Waals surface area (Å²) < 4.78 is 0. The minimum absolute atomic E-state index is 0.0674. The summed E-state index contributed by atoms with van der Waals surface area (Å²) in [5.74, 6) is -0.0674. The van der Waals surface area contributed by atoms with E-state index in [2.05, 4.69) is 10.6 Å². The van der Waals surface area contributed by atoms with Crippen LogP contribution in [0.15, 0.2) is 18.2 Å². The highest BCUT2D eigenvalue weighted by Gasteiger charge is 2.37. The van der Waals surface area contributed by atoms with Crippen molar-refractivity contribution in [3.05, 3.63) is 33.3 Å². The zero-order chi connectivity index (χ0) is 15.5. The molecule has 7 heteroatoms. The number of non-ortho nitro benzene ring substituents is 1. The molecule has 2 rings (SSSR count). The number of anilines is 1. The number of hydrogen-bond acceptors (Lipinski definition) is 4. The molecule has 0 aliphatic carbocycles. The molecule has 1 aromatic rings. The maximum atomic E-state index is 12.6. The van der Waals surface area contributed by atoms with E-state index in [9.17, 15) is 14.9 Å². The van der Waals surface area contributed by atoms with Crippen molar-refractivity contribution >= 4 is 28.9 Å². The summed E-state index contributed by atoms with van der Waals surface area (Å²) in [7, 11) is 0. The fourth-order valence-corrected chi connectivity index (χ4v) is 2.84. The van der Waals surface area contributed by atoms with E-state index in [4.69, 9.17) is 11.6 Å². The van der Waals surface area contributed by atoms with Gasteiger partial charge in [-0.3, -0.25) is 14.9 Å². The summed E-state index contributed by atoms with van der Waals surface area (Å²) in [6, 6.07) is 4.06. The number of carbonyl (C=O) groups is 1. The Morgan fingerprint density at radius 3 is 2.67 bits per heavy atom. The number of nitrogens with one attached hydrogen (secondary N) is 2. The van der Waals surface area contributed by atoms with E-state index < -0.39 is 10.3 Å². The molecule has 0 bridgehead atoms. The first-order valence-electron chi connectivity index (χ1n) is 6.94. The van der Waals surface area contributed by atoms with Gasteiger partial charge in [0.15, 0.2) is 0 Å². The van der Waals surface area contributed by atoms with Crippen LogP contribution in [0.5, 0.6) is 0 Å². The van der Waals surface area contributed by atoms with Crippen LogP contribution in [0, 0.1) is 15.5 Å². The van der Waals surface area contributed by atoms with E-state index in [1.165, 1.54) is 18.2 Å². The fraction of sp³-hybridized carbons (Fsp3) is 0.500. The maximum Gasteiger partial charge on any atom is 0.271 e. The van der Waals surface area contributed by atoms with E-state index >= 15 is 0 Å². The summed E-state index contributed by atoms with van der Waals surface area (Å²) in [4.78, 5) is 22.7. The Morgan fingerprint density at radius 1 is 1.48 bits per heavy atom. The van der Waals surface area contributed by atoms with E-state index in [-0.39, 0.29) is 16.6 Å². The number of benzene rings is 1. The molecule has 1 aliphatic rings. The molecule has 1 fully saturated rings. The van der Waals surface area contributed by atoms with E-state index in [1.54, 1.807) is 0 Å². The lowest BCUT2D eigenvalue weighted by Crippen LogP contribution is -2.44. The second-order valence-electron chi connectivity index (χ2n) is 5.26. The van der Waals surface area contributed by atoms with Gasteiger partial charge in [-0.15, -0.1) is 0 Å². The van der Waals surface area contributed by atoms with Gasteiger partial charge in [-0.2, -0.15) is 0 Å². The number of halogens is 1. The quantitative estimate of drug-likeness (QED) is 0.661. The van der Waals surface area contributed by atoms with Gasteiger partial charge in [-0.25, -0.2) is 0 Å². The standard InChI is InChI=1S/C14H18ClN3O3/c1-2-14(5-7-16-8-6-14)13(19)17-12-4-3-10(18(20)21)9-11(12)15/h3-4,9,16H,2,5-8H2,1H3,(H,17,19). The first-order chi connectivity index (χ1) is 9.98. The molecule has 0 spiro atoms. The molecule has 1 aromatic carbocycles. The highest BCUT2D eigenvalue weighted by molar-refractivity contribution is 6.34. The number of nitro groups is 1. The van der Waals surface area contributed by atoms with Gasteiger partial charge in [0.2, 0.25) is 5.91 Å². The van der Waals surface area contributed by atoms with Crippen LogP contribution in [0.3, 0.4) is 0 Å². The van der Waals surface area contributed by atoms with Crippen molar-refractivity contribution in [2.24, 2.45) is 5.41 Å². The second kappa shape index (κ2) is 6.41. The maximum absolute atomic E-state index is 12.6. The second-order valence-corrected chi connectivity index (χ2v) is 5.67. The van der Waals surface area contributed by atoms with Crippen LogP contribution in [0.25, 0.3) is 0 Å². The Morgan fingerprint density at radius 2 is 2.14 bits per heavy atom. The van der Waals surface area contributed by atoms with Crippen molar-refractivity contribution in [3.8, 4) is 0 Å². The molecule has 2 N–H and O–H groups in total. The monoisotopic (exact) mass is 311 g/mol. The molecule has 0 atom stereocenters. The van der Waals surface area contributed by atoms with E-state index in [0.29, 0.717) is 5.69 Å². The largest absolute Gasteiger partial charge is 0.324 e. The first kappa shape index (κ1) is 15.7. The van der Waals surface area contributed by atoms with E-state index in [1.807, 2.05) is 6.92 Å². The minimum Gasteiger partial charge on any atom is -0.324 e. The lowest BCUT2D eigenvalue weighted by molar-refractivity contribution is -0.384. The normalized spacial score (nSPS) is 17.2. The van der Waals surface area contributed by atoms with Crippen molar-refractivity contribution in [1.82, 2.24) is 5.32 Å². The lowest BCUT2D eigenvalue weighted by Gasteiger charge is -2.35. The summed E-state index contributed by atoms with van der Waals surface area (Å²) in [6.45, 7) is 3.63. The molecule has 1 aliphatic heterocycles. The van der Waals surface area contributed by atoms with Crippen molar-refractivity contribution in [2.75, 3.05) is 18.4 Å². The minimum atomic E-state index is -0.516. The molecule has 1 amide bonds. The van der Waals surface area contributed by atoms with Crippen LogP contribution >= 0.6 is 11.6 Å². The molecule has 1 heterocycles. The number of nitro benzene ring substituents is 1. The third kappa shape index (κ3) is 3.33. The zero-order valence-electron chi connectivity index (χ0n) is 11.8. The predicted octanol–water partition coefficient (Wildman–Crippen LogP) is 2.97. The van der Waals surface area contributed by atoms with Crippen molar-refractivity contribution in [3.63, 3.8) is 0 Å². The van der Waals surface area contributed by atoms with Gasteiger partial charge in [0, 0.05) is 12.1 Å². The van der Waals surface area contributed by atoms with Gasteiger partial charge < -0.3 is 10.6 Å². The van der Waals surface area contributed by atoms with Gasteiger partial charge >= 0.3 is 0 Å². The van der Waals surface area contributed by atoms with Crippen molar-refractivity contribution in [1.29, 1.82) is 0 Å². The zero-order valence-corrected chi connectivity index (χ0v) is 12.6. The van der Waals surface area contributed by atoms with Gasteiger partial charge in [0.25, 0.3) is 5.69 Å². The Hall–Kier alpha value is -1.66. The number of piperidine rings is 1. The third-order valence-corrected chi connectivity index (χ3v) is 4.44. The first-order valence-corrected chi connectivity index (χ1v) is 7.32. The molecule has 0 unspecified atom stereocenters. The average Bonchev–Trinajstić information content (AvgIpc) is 2.49. The molecule has 21 heavy (non-hydrogen) atoms. The fourth-order valence-electron chi connectivity index (χ4n) is 2.62. The van der Waals surface area contributed by atoms with Crippen molar-refractivity contribution in [2.45, 2.75) is 26.2 Å². The van der Waals surface area contributed by atoms with Gasteiger partial charge in [0.05, 0.1) is 21.0 Å². The Balaban J connectivity index is 2.17. The number of nitrogens with zero attached hydrogens (tertiary/aromatic N) is 1.